The average molecular weight is 382 g/mol. The standard InChI is InChI=1S/C21H23N3O2S/c1-14(25)17-4-7-20(22-13-17)27-18-5-2-16(3-6-18)21(26)23-19-12-15-8-10-24(19)11-9-15/h2-7,13,15,19H,8-12H2,1H3,(H,23,26). The van der Waals surface area contributed by atoms with Gasteiger partial charge in [0.25, 0.3) is 5.91 Å². The van der Waals surface area contributed by atoms with Gasteiger partial charge in [-0.05, 0) is 68.5 Å². The van der Waals surface area contributed by atoms with Crippen LogP contribution in [0.3, 0.4) is 0 Å². The fourth-order valence-electron chi connectivity index (χ4n) is 3.79. The molecule has 1 N–H and O–H groups in total. The van der Waals surface area contributed by atoms with Gasteiger partial charge in [-0.25, -0.2) is 4.98 Å². The van der Waals surface area contributed by atoms with E-state index in [1.54, 1.807) is 12.3 Å². The highest BCUT2D eigenvalue weighted by Gasteiger charge is 2.34. The largest absolute Gasteiger partial charge is 0.336 e. The fraction of sp³-hybridized carbons (Fsp3) is 0.381. The summed E-state index contributed by atoms with van der Waals surface area (Å²) in [6, 6.07) is 11.2. The van der Waals surface area contributed by atoms with Crippen molar-refractivity contribution in [1.82, 2.24) is 15.2 Å². The first-order valence-corrected chi connectivity index (χ1v) is 10.2. The molecule has 3 saturated heterocycles. The highest BCUT2D eigenvalue weighted by atomic mass is 32.2. The maximum Gasteiger partial charge on any atom is 0.252 e. The summed E-state index contributed by atoms with van der Waals surface area (Å²) in [7, 11) is 0. The van der Waals surface area contributed by atoms with Crippen molar-refractivity contribution >= 4 is 23.5 Å². The number of pyridine rings is 1. The van der Waals surface area contributed by atoms with E-state index in [4.69, 9.17) is 0 Å². The number of hydrogen-bond acceptors (Lipinski definition) is 5. The minimum atomic E-state index is -0.00645. The van der Waals surface area contributed by atoms with Crippen LogP contribution in [0.5, 0.6) is 0 Å². The molecule has 1 aromatic heterocycles. The van der Waals surface area contributed by atoms with E-state index in [9.17, 15) is 9.59 Å². The number of carbonyl (C=O) groups is 2. The van der Waals surface area contributed by atoms with E-state index < -0.39 is 0 Å². The SMILES string of the molecule is CC(=O)c1ccc(Sc2ccc(C(=O)NC3CC4CCN3CC4)cc2)nc1. The van der Waals surface area contributed by atoms with Crippen LogP contribution in [-0.4, -0.2) is 40.8 Å². The lowest BCUT2D eigenvalue weighted by Crippen LogP contribution is -2.56. The van der Waals surface area contributed by atoms with Crippen LogP contribution in [0.25, 0.3) is 0 Å². The van der Waals surface area contributed by atoms with E-state index in [1.807, 2.05) is 30.3 Å². The van der Waals surface area contributed by atoms with Gasteiger partial charge in [0.15, 0.2) is 5.78 Å². The number of fused-ring (bicyclic) bond motifs is 3. The number of carbonyl (C=O) groups excluding carboxylic acids is 2. The molecule has 0 spiro atoms. The molecule has 1 amide bonds. The normalized spacial score (nSPS) is 23.8. The number of aromatic nitrogens is 1. The Bertz CT molecular complexity index is 828. The lowest BCUT2D eigenvalue weighted by atomic mass is 9.86. The summed E-state index contributed by atoms with van der Waals surface area (Å²) in [5.41, 5.74) is 1.29. The number of benzene rings is 1. The number of amides is 1. The van der Waals surface area contributed by atoms with Crippen LogP contribution in [0.4, 0.5) is 0 Å². The minimum Gasteiger partial charge on any atom is -0.336 e. The summed E-state index contributed by atoms with van der Waals surface area (Å²) >= 11 is 1.51. The summed E-state index contributed by atoms with van der Waals surface area (Å²) in [6.45, 7) is 3.73. The number of ketones is 1. The van der Waals surface area contributed by atoms with Gasteiger partial charge in [0.05, 0.1) is 6.17 Å². The van der Waals surface area contributed by atoms with Crippen molar-refractivity contribution in [2.45, 2.75) is 42.3 Å². The summed E-state index contributed by atoms with van der Waals surface area (Å²) in [5, 5.41) is 4.01. The first-order valence-electron chi connectivity index (χ1n) is 9.38. The van der Waals surface area contributed by atoms with Crippen LogP contribution < -0.4 is 5.32 Å². The zero-order chi connectivity index (χ0) is 18.8. The van der Waals surface area contributed by atoms with Crippen molar-refractivity contribution in [3.63, 3.8) is 0 Å². The van der Waals surface area contributed by atoms with Gasteiger partial charge in [-0.2, -0.15) is 0 Å². The van der Waals surface area contributed by atoms with Crippen molar-refractivity contribution in [2.24, 2.45) is 5.92 Å². The van der Waals surface area contributed by atoms with Gasteiger partial charge < -0.3 is 5.32 Å². The van der Waals surface area contributed by atoms with Crippen LogP contribution in [0, 0.1) is 5.92 Å². The molecule has 5 nitrogen and oxygen atoms in total. The fourth-order valence-corrected chi connectivity index (χ4v) is 4.55. The van der Waals surface area contributed by atoms with Crippen LogP contribution in [0.15, 0.2) is 52.5 Å². The summed E-state index contributed by atoms with van der Waals surface area (Å²) in [6.07, 6.45) is 5.38. The molecule has 27 heavy (non-hydrogen) atoms. The molecule has 3 aliphatic heterocycles. The lowest BCUT2D eigenvalue weighted by molar-refractivity contribution is 0.0295. The van der Waals surface area contributed by atoms with Gasteiger partial charge in [0, 0.05) is 35.3 Å². The van der Waals surface area contributed by atoms with E-state index in [2.05, 4.69) is 15.2 Å². The Balaban J connectivity index is 1.36. The lowest BCUT2D eigenvalue weighted by Gasteiger charge is -2.45. The van der Waals surface area contributed by atoms with E-state index >= 15 is 0 Å². The molecule has 5 rings (SSSR count). The highest BCUT2D eigenvalue weighted by Crippen LogP contribution is 2.31. The zero-order valence-electron chi connectivity index (χ0n) is 15.4. The van der Waals surface area contributed by atoms with E-state index in [0.29, 0.717) is 11.1 Å². The average Bonchev–Trinajstić information content (AvgIpc) is 2.70. The van der Waals surface area contributed by atoms with E-state index in [-0.39, 0.29) is 17.9 Å². The minimum absolute atomic E-state index is 0.00645. The van der Waals surface area contributed by atoms with Crippen molar-refractivity contribution < 1.29 is 9.59 Å². The second-order valence-corrected chi connectivity index (χ2v) is 8.37. The summed E-state index contributed by atoms with van der Waals surface area (Å²) in [5.74, 6) is 0.769. The Labute approximate surface area is 163 Å². The van der Waals surface area contributed by atoms with Crippen LogP contribution in [0.2, 0.25) is 0 Å². The molecule has 1 aromatic carbocycles. The smallest absolute Gasteiger partial charge is 0.252 e. The van der Waals surface area contributed by atoms with Crippen LogP contribution in [-0.2, 0) is 0 Å². The van der Waals surface area contributed by atoms with Crippen LogP contribution >= 0.6 is 11.8 Å². The van der Waals surface area contributed by atoms with E-state index in [1.165, 1.54) is 31.5 Å². The molecule has 2 bridgehead atoms. The summed E-state index contributed by atoms with van der Waals surface area (Å²) < 4.78 is 0. The molecule has 1 unspecified atom stereocenters. The van der Waals surface area contributed by atoms with Crippen molar-refractivity contribution in [3.05, 3.63) is 53.7 Å². The molecule has 1 atom stereocenters. The highest BCUT2D eigenvalue weighted by molar-refractivity contribution is 7.99. The summed E-state index contributed by atoms with van der Waals surface area (Å²) in [4.78, 5) is 31.6. The predicted octanol–water partition coefficient (Wildman–Crippen LogP) is 3.61. The monoisotopic (exact) mass is 381 g/mol. The topological polar surface area (TPSA) is 62.3 Å². The van der Waals surface area contributed by atoms with Gasteiger partial charge in [-0.3, -0.25) is 14.5 Å². The second-order valence-electron chi connectivity index (χ2n) is 7.27. The molecule has 4 heterocycles. The quantitative estimate of drug-likeness (QED) is 0.802. The maximum atomic E-state index is 12.6. The van der Waals surface area contributed by atoms with Gasteiger partial charge in [0.1, 0.15) is 5.03 Å². The van der Waals surface area contributed by atoms with Crippen molar-refractivity contribution in [3.8, 4) is 0 Å². The Kier molecular flexibility index (Phi) is 5.27. The third-order valence-corrected chi connectivity index (χ3v) is 6.38. The number of nitrogens with zero attached hydrogens (tertiary/aromatic N) is 2. The molecular formula is C21H23N3O2S. The predicted molar refractivity (Wildman–Crippen MR) is 105 cm³/mol. The Morgan fingerprint density at radius 2 is 1.78 bits per heavy atom. The number of Topliss-reactive ketones (excluding diaryl/α,β-unsaturated/α-hetero) is 1. The second kappa shape index (κ2) is 7.82. The molecule has 0 saturated carbocycles. The number of nitrogens with one attached hydrogen (secondary N) is 1. The molecule has 0 aliphatic carbocycles. The van der Waals surface area contributed by atoms with E-state index in [0.717, 1.165) is 35.3 Å². The molecular weight excluding hydrogens is 358 g/mol. The first-order chi connectivity index (χ1) is 13.1. The molecule has 0 radical (unpaired) electrons. The maximum absolute atomic E-state index is 12.6. The number of hydrogen-bond donors (Lipinski definition) is 1. The third kappa shape index (κ3) is 4.22. The molecule has 2 aromatic rings. The van der Waals surface area contributed by atoms with Gasteiger partial charge in [0.2, 0.25) is 0 Å². The Hall–Kier alpha value is -2.18. The van der Waals surface area contributed by atoms with Crippen molar-refractivity contribution in [2.75, 3.05) is 13.1 Å². The third-order valence-electron chi connectivity index (χ3n) is 5.43. The van der Waals surface area contributed by atoms with Gasteiger partial charge in [-0.1, -0.05) is 11.8 Å². The number of piperidine rings is 3. The van der Waals surface area contributed by atoms with Gasteiger partial charge in [-0.15, -0.1) is 0 Å². The number of rotatable bonds is 5. The Morgan fingerprint density at radius 3 is 2.33 bits per heavy atom. The zero-order valence-corrected chi connectivity index (χ0v) is 16.2. The van der Waals surface area contributed by atoms with Gasteiger partial charge >= 0.3 is 0 Å². The molecule has 140 valence electrons. The Morgan fingerprint density at radius 1 is 1.07 bits per heavy atom. The van der Waals surface area contributed by atoms with Crippen molar-refractivity contribution in [1.29, 1.82) is 0 Å². The molecule has 6 heteroatoms. The molecule has 3 fully saturated rings. The first kappa shape index (κ1) is 18.2. The van der Waals surface area contributed by atoms with Crippen LogP contribution in [0.1, 0.15) is 46.9 Å². The molecule has 3 aliphatic rings.